The zero-order chi connectivity index (χ0) is 15.5. The molecule has 0 amide bonds. The summed E-state index contributed by atoms with van der Waals surface area (Å²) in [5, 5.41) is 0. The van der Waals surface area contributed by atoms with Crippen molar-refractivity contribution >= 4 is 33.2 Å². The molecule has 0 unspecified atom stereocenters. The first kappa shape index (κ1) is 15.1. The molecule has 3 aromatic rings. The standard InChI is InChI=1S/C17H13BrO3S/c1-2-20-17(19)16-13(11-5-7-12(18)8-6-11)10-15(22-16)14-4-3-9-21-14/h3-10H,2H2,1H3. The van der Waals surface area contributed by atoms with Crippen molar-refractivity contribution in [2.24, 2.45) is 0 Å². The molecule has 0 N–H and O–H groups in total. The normalized spacial score (nSPS) is 10.6. The van der Waals surface area contributed by atoms with Gasteiger partial charge in [-0.05, 0) is 42.8 Å². The molecule has 0 bridgehead atoms. The van der Waals surface area contributed by atoms with Crippen LogP contribution in [-0.2, 0) is 4.74 Å². The van der Waals surface area contributed by atoms with E-state index in [1.54, 1.807) is 13.2 Å². The number of halogens is 1. The van der Waals surface area contributed by atoms with Crippen LogP contribution in [0.2, 0.25) is 0 Å². The monoisotopic (exact) mass is 376 g/mol. The molecule has 0 atom stereocenters. The van der Waals surface area contributed by atoms with E-state index >= 15 is 0 Å². The molecular formula is C17H13BrO3S. The summed E-state index contributed by atoms with van der Waals surface area (Å²) >= 11 is 4.81. The van der Waals surface area contributed by atoms with Crippen LogP contribution in [0.15, 0.2) is 57.6 Å². The highest BCUT2D eigenvalue weighted by Crippen LogP contribution is 2.38. The molecule has 3 nitrogen and oxygen atoms in total. The van der Waals surface area contributed by atoms with Crippen LogP contribution < -0.4 is 0 Å². The van der Waals surface area contributed by atoms with Crippen LogP contribution in [0.5, 0.6) is 0 Å². The number of benzene rings is 1. The summed E-state index contributed by atoms with van der Waals surface area (Å²) in [5.41, 5.74) is 1.84. The van der Waals surface area contributed by atoms with Gasteiger partial charge >= 0.3 is 5.97 Å². The van der Waals surface area contributed by atoms with Gasteiger partial charge < -0.3 is 9.15 Å². The van der Waals surface area contributed by atoms with Crippen molar-refractivity contribution in [3.8, 4) is 21.8 Å². The van der Waals surface area contributed by atoms with Gasteiger partial charge in [0, 0.05) is 10.0 Å². The van der Waals surface area contributed by atoms with Crippen molar-refractivity contribution in [1.29, 1.82) is 0 Å². The molecule has 1 aromatic carbocycles. The Balaban J connectivity index is 2.10. The summed E-state index contributed by atoms with van der Waals surface area (Å²) in [6.45, 7) is 2.16. The zero-order valence-electron chi connectivity index (χ0n) is 11.8. The number of carbonyl (C=O) groups is 1. The molecule has 0 radical (unpaired) electrons. The minimum Gasteiger partial charge on any atom is -0.464 e. The van der Waals surface area contributed by atoms with Crippen molar-refractivity contribution in [3.63, 3.8) is 0 Å². The average Bonchev–Trinajstić information content (AvgIpc) is 3.17. The van der Waals surface area contributed by atoms with E-state index in [0.717, 1.165) is 26.2 Å². The molecule has 0 spiro atoms. The van der Waals surface area contributed by atoms with Crippen molar-refractivity contribution in [2.75, 3.05) is 6.61 Å². The SMILES string of the molecule is CCOC(=O)c1sc(-c2ccco2)cc1-c1ccc(Br)cc1. The summed E-state index contributed by atoms with van der Waals surface area (Å²) in [6, 6.07) is 13.5. The van der Waals surface area contributed by atoms with Crippen LogP contribution in [0.4, 0.5) is 0 Å². The Kier molecular flexibility index (Phi) is 4.45. The van der Waals surface area contributed by atoms with Crippen molar-refractivity contribution in [1.82, 2.24) is 0 Å². The Morgan fingerprint density at radius 2 is 2.05 bits per heavy atom. The second kappa shape index (κ2) is 6.50. The quantitative estimate of drug-likeness (QED) is 0.555. The molecule has 2 heterocycles. The molecule has 0 fully saturated rings. The lowest BCUT2D eigenvalue weighted by Crippen LogP contribution is -2.03. The second-order valence-electron chi connectivity index (χ2n) is 4.56. The van der Waals surface area contributed by atoms with Crippen molar-refractivity contribution in [2.45, 2.75) is 6.92 Å². The van der Waals surface area contributed by atoms with Gasteiger partial charge in [0.25, 0.3) is 0 Å². The van der Waals surface area contributed by atoms with Crippen LogP contribution in [0.3, 0.4) is 0 Å². The van der Waals surface area contributed by atoms with Gasteiger partial charge in [0.1, 0.15) is 10.6 Å². The minimum absolute atomic E-state index is 0.303. The molecule has 112 valence electrons. The number of ether oxygens (including phenoxy) is 1. The smallest absolute Gasteiger partial charge is 0.348 e. The third kappa shape index (κ3) is 3.00. The van der Waals surface area contributed by atoms with Gasteiger partial charge in [0.15, 0.2) is 0 Å². The fourth-order valence-corrected chi connectivity index (χ4v) is 3.43. The number of thiophene rings is 1. The van der Waals surface area contributed by atoms with E-state index in [4.69, 9.17) is 9.15 Å². The number of rotatable bonds is 4. The van der Waals surface area contributed by atoms with Crippen molar-refractivity contribution in [3.05, 3.63) is 58.1 Å². The van der Waals surface area contributed by atoms with Crippen LogP contribution >= 0.6 is 27.3 Å². The van der Waals surface area contributed by atoms with E-state index in [-0.39, 0.29) is 5.97 Å². The van der Waals surface area contributed by atoms with Gasteiger partial charge in [0.2, 0.25) is 0 Å². The van der Waals surface area contributed by atoms with Crippen LogP contribution in [0.1, 0.15) is 16.6 Å². The molecule has 0 aliphatic heterocycles. The molecular weight excluding hydrogens is 364 g/mol. The maximum atomic E-state index is 12.2. The van der Waals surface area contributed by atoms with E-state index in [1.807, 2.05) is 42.5 Å². The molecule has 0 aliphatic carbocycles. The van der Waals surface area contributed by atoms with Gasteiger partial charge in [-0.3, -0.25) is 0 Å². The summed E-state index contributed by atoms with van der Waals surface area (Å²) in [7, 11) is 0. The van der Waals surface area contributed by atoms with Gasteiger partial charge in [-0.1, -0.05) is 28.1 Å². The molecule has 0 aliphatic rings. The van der Waals surface area contributed by atoms with E-state index in [0.29, 0.717) is 11.5 Å². The van der Waals surface area contributed by atoms with E-state index in [9.17, 15) is 4.79 Å². The first-order chi connectivity index (χ1) is 10.7. The summed E-state index contributed by atoms with van der Waals surface area (Å²) in [4.78, 5) is 13.7. The Bertz CT molecular complexity index is 773. The Labute approximate surface area is 140 Å². The second-order valence-corrected chi connectivity index (χ2v) is 6.53. The third-order valence-corrected chi connectivity index (χ3v) is 4.77. The molecule has 5 heteroatoms. The van der Waals surface area contributed by atoms with Gasteiger partial charge in [-0.25, -0.2) is 4.79 Å². The van der Waals surface area contributed by atoms with Gasteiger partial charge in [-0.15, -0.1) is 11.3 Å². The van der Waals surface area contributed by atoms with Crippen LogP contribution in [0, 0.1) is 0 Å². The summed E-state index contributed by atoms with van der Waals surface area (Å²) in [5.74, 6) is 0.446. The Morgan fingerprint density at radius 1 is 1.27 bits per heavy atom. The predicted octanol–water partition coefficient (Wildman–Crippen LogP) is 5.61. The first-order valence-electron chi connectivity index (χ1n) is 6.80. The number of carbonyl (C=O) groups excluding carboxylic acids is 1. The fraction of sp³-hybridized carbons (Fsp3) is 0.118. The number of furan rings is 1. The first-order valence-corrected chi connectivity index (χ1v) is 8.40. The minimum atomic E-state index is -0.303. The average molecular weight is 377 g/mol. The summed E-state index contributed by atoms with van der Waals surface area (Å²) in [6.07, 6.45) is 1.62. The molecule has 3 rings (SSSR count). The highest BCUT2D eigenvalue weighted by Gasteiger charge is 2.20. The Morgan fingerprint density at radius 3 is 2.68 bits per heavy atom. The zero-order valence-corrected chi connectivity index (χ0v) is 14.2. The number of hydrogen-bond acceptors (Lipinski definition) is 4. The topological polar surface area (TPSA) is 39.4 Å². The number of hydrogen-bond donors (Lipinski definition) is 0. The van der Waals surface area contributed by atoms with E-state index in [1.165, 1.54) is 11.3 Å². The van der Waals surface area contributed by atoms with Crippen LogP contribution in [0.25, 0.3) is 21.8 Å². The number of esters is 1. The molecule has 2 aromatic heterocycles. The van der Waals surface area contributed by atoms with Gasteiger partial charge in [-0.2, -0.15) is 0 Å². The molecule has 0 saturated carbocycles. The highest BCUT2D eigenvalue weighted by atomic mass is 79.9. The van der Waals surface area contributed by atoms with E-state index in [2.05, 4.69) is 15.9 Å². The van der Waals surface area contributed by atoms with E-state index < -0.39 is 0 Å². The fourth-order valence-electron chi connectivity index (χ4n) is 2.12. The highest BCUT2D eigenvalue weighted by molar-refractivity contribution is 9.10. The largest absolute Gasteiger partial charge is 0.464 e. The molecule has 22 heavy (non-hydrogen) atoms. The Hall–Kier alpha value is -1.85. The molecule has 0 saturated heterocycles. The summed E-state index contributed by atoms with van der Waals surface area (Å²) < 4.78 is 11.6. The van der Waals surface area contributed by atoms with Gasteiger partial charge in [0.05, 0.1) is 17.7 Å². The lowest BCUT2D eigenvalue weighted by atomic mass is 10.1. The third-order valence-electron chi connectivity index (χ3n) is 3.11. The van der Waals surface area contributed by atoms with Crippen LogP contribution in [-0.4, -0.2) is 12.6 Å². The lowest BCUT2D eigenvalue weighted by Gasteiger charge is -2.03. The lowest BCUT2D eigenvalue weighted by molar-refractivity contribution is 0.0533. The maximum Gasteiger partial charge on any atom is 0.348 e. The van der Waals surface area contributed by atoms with Crippen molar-refractivity contribution < 1.29 is 13.9 Å². The maximum absolute atomic E-state index is 12.2. The predicted molar refractivity (Wildman–Crippen MR) is 91.1 cm³/mol.